The largest absolute Gasteiger partial charge is 0.375 e. The molecule has 1 aromatic heterocycles. The molecular weight excluding hydrogens is 390 g/mol. The van der Waals surface area contributed by atoms with E-state index >= 15 is 0 Å². The molecule has 0 radical (unpaired) electrons. The third-order valence-corrected chi connectivity index (χ3v) is 5.09. The van der Waals surface area contributed by atoms with Crippen molar-refractivity contribution in [3.8, 4) is 17.2 Å². The van der Waals surface area contributed by atoms with Crippen molar-refractivity contribution in [2.24, 2.45) is 0 Å². The molecule has 1 unspecified atom stereocenters. The van der Waals surface area contributed by atoms with Crippen LogP contribution in [0.15, 0.2) is 73.1 Å². The van der Waals surface area contributed by atoms with Crippen LogP contribution in [0.4, 0.5) is 0 Å². The van der Waals surface area contributed by atoms with E-state index in [0.29, 0.717) is 29.5 Å². The minimum Gasteiger partial charge on any atom is -0.345 e. The normalized spacial score (nSPS) is 11.7. The Balaban J connectivity index is 1.34. The van der Waals surface area contributed by atoms with Crippen LogP contribution in [-0.2, 0) is 16.2 Å². The van der Waals surface area contributed by atoms with Gasteiger partial charge in [-0.25, -0.2) is 9.78 Å². The summed E-state index contributed by atoms with van der Waals surface area (Å²) in [6.45, 7) is 1.84. The average Bonchev–Trinajstić information content (AvgIpc) is 3.30. The van der Waals surface area contributed by atoms with Gasteiger partial charge < -0.3 is 4.98 Å². The molecule has 0 bridgehead atoms. The van der Waals surface area contributed by atoms with Crippen LogP contribution in [0.2, 0.25) is 0 Å². The number of para-hydroxylation sites is 1. The first kappa shape index (κ1) is 20.3. The number of benzene rings is 3. The lowest BCUT2D eigenvalue weighted by Crippen LogP contribution is -2.14. The molecule has 31 heavy (non-hydrogen) atoms. The van der Waals surface area contributed by atoms with E-state index in [2.05, 4.69) is 16.0 Å². The van der Waals surface area contributed by atoms with Gasteiger partial charge >= 0.3 is 5.97 Å². The third-order valence-electron chi connectivity index (χ3n) is 5.09. The number of nitrogens with one attached hydrogen (secondary N) is 1. The Labute approximate surface area is 180 Å². The van der Waals surface area contributed by atoms with Crippen LogP contribution < -0.4 is 0 Å². The van der Waals surface area contributed by atoms with Gasteiger partial charge in [0.2, 0.25) is 0 Å². The van der Waals surface area contributed by atoms with Crippen LogP contribution >= 0.6 is 0 Å². The molecule has 1 heterocycles. The first-order valence-electron chi connectivity index (χ1n) is 10.0. The van der Waals surface area contributed by atoms with Crippen LogP contribution in [0.1, 0.15) is 34.8 Å². The summed E-state index contributed by atoms with van der Waals surface area (Å²) in [5.41, 5.74) is 5.25. The molecule has 3 aromatic carbocycles. The summed E-state index contributed by atoms with van der Waals surface area (Å²) in [5, 5.41) is 9.56. The molecule has 0 fully saturated rings. The predicted octanol–water partition coefficient (Wildman–Crippen LogP) is 5.21. The van der Waals surface area contributed by atoms with Crippen LogP contribution in [0, 0.1) is 11.3 Å². The highest BCUT2D eigenvalue weighted by molar-refractivity contribution is 6.01. The van der Waals surface area contributed by atoms with Crippen LogP contribution in [0.3, 0.4) is 0 Å². The summed E-state index contributed by atoms with van der Waals surface area (Å²) in [6.07, 6.45) is 2.55. The van der Waals surface area contributed by atoms with Crippen molar-refractivity contribution >= 4 is 17.0 Å². The number of carbonyl (C=O) groups excluding carboxylic acids is 1. The molecule has 154 valence electrons. The van der Waals surface area contributed by atoms with Crippen molar-refractivity contribution in [2.45, 2.75) is 25.9 Å². The lowest BCUT2D eigenvalue weighted by Gasteiger charge is -2.12. The molecule has 6 nitrogen and oxygen atoms in total. The SMILES string of the molecule is CC(CCc1ccc(-c2ccccc2)c(C#N)c1)OOC(=O)c1cccc2[nH]cnc12. The van der Waals surface area contributed by atoms with Crippen molar-refractivity contribution in [3.05, 3.63) is 89.7 Å². The van der Waals surface area contributed by atoms with Crippen LogP contribution in [0.25, 0.3) is 22.2 Å². The Morgan fingerprint density at radius 3 is 2.77 bits per heavy atom. The number of nitriles is 1. The second kappa shape index (κ2) is 9.24. The van der Waals surface area contributed by atoms with Crippen molar-refractivity contribution in [1.82, 2.24) is 9.97 Å². The standard InChI is InChI=1S/C25H21N3O3/c1-17(30-31-25(29)22-8-5-9-23-24(22)28-16-27-23)10-11-18-12-13-21(20(14-18)15-26)19-6-3-2-4-7-19/h2-9,12-14,16-17H,10-11H2,1H3,(H,27,28). The fraction of sp³-hybridized carbons (Fsp3) is 0.160. The number of H-pyrrole nitrogens is 1. The summed E-state index contributed by atoms with van der Waals surface area (Å²) < 4.78 is 0. The minimum absolute atomic E-state index is 0.304. The third kappa shape index (κ3) is 4.63. The van der Waals surface area contributed by atoms with E-state index in [-0.39, 0.29) is 6.10 Å². The molecule has 6 heteroatoms. The second-order valence-corrected chi connectivity index (χ2v) is 7.28. The number of fused-ring (bicyclic) bond motifs is 1. The maximum atomic E-state index is 12.4. The molecule has 0 amide bonds. The molecule has 0 aliphatic rings. The van der Waals surface area contributed by atoms with Gasteiger partial charge in [0.15, 0.2) is 0 Å². The second-order valence-electron chi connectivity index (χ2n) is 7.28. The van der Waals surface area contributed by atoms with E-state index in [0.717, 1.165) is 22.2 Å². The lowest BCUT2D eigenvalue weighted by molar-refractivity contribution is -0.270. The fourth-order valence-corrected chi connectivity index (χ4v) is 3.43. The van der Waals surface area contributed by atoms with Gasteiger partial charge in [0, 0.05) is 0 Å². The topological polar surface area (TPSA) is 88.0 Å². The number of nitrogens with zero attached hydrogens (tertiary/aromatic N) is 2. The predicted molar refractivity (Wildman–Crippen MR) is 117 cm³/mol. The smallest absolute Gasteiger partial charge is 0.345 e. The molecule has 1 N–H and O–H groups in total. The highest BCUT2D eigenvalue weighted by Gasteiger charge is 2.16. The van der Waals surface area contributed by atoms with Gasteiger partial charge in [0.1, 0.15) is 11.6 Å². The van der Waals surface area contributed by atoms with Crippen LogP contribution in [-0.4, -0.2) is 22.0 Å². The molecular formula is C25H21N3O3. The summed E-state index contributed by atoms with van der Waals surface area (Å²) in [4.78, 5) is 29.8. The lowest BCUT2D eigenvalue weighted by atomic mass is 9.96. The Bertz CT molecular complexity index is 1240. The molecule has 0 spiro atoms. The van der Waals surface area contributed by atoms with Gasteiger partial charge in [-0.15, -0.1) is 0 Å². The molecule has 1 atom stereocenters. The molecule has 4 rings (SSSR count). The quantitative estimate of drug-likeness (QED) is 0.333. The van der Waals surface area contributed by atoms with Crippen molar-refractivity contribution in [3.63, 3.8) is 0 Å². The van der Waals surface area contributed by atoms with Crippen molar-refractivity contribution < 1.29 is 14.6 Å². The summed E-state index contributed by atoms with van der Waals surface area (Å²) in [6, 6.07) is 23.3. The Kier molecular flexibility index (Phi) is 6.06. The summed E-state index contributed by atoms with van der Waals surface area (Å²) in [5.74, 6) is -0.580. The monoisotopic (exact) mass is 411 g/mol. The minimum atomic E-state index is -0.580. The number of aromatic nitrogens is 2. The van der Waals surface area contributed by atoms with Crippen molar-refractivity contribution in [1.29, 1.82) is 5.26 Å². The van der Waals surface area contributed by atoms with E-state index in [4.69, 9.17) is 9.78 Å². The molecule has 0 aliphatic heterocycles. The molecule has 0 saturated heterocycles. The van der Waals surface area contributed by atoms with Gasteiger partial charge in [-0.1, -0.05) is 48.5 Å². The van der Waals surface area contributed by atoms with Gasteiger partial charge in [0.25, 0.3) is 0 Å². The van der Waals surface area contributed by atoms with Crippen LogP contribution in [0.5, 0.6) is 0 Å². The number of aryl methyl sites for hydroxylation is 1. The van der Waals surface area contributed by atoms with Gasteiger partial charge in [-0.05, 0) is 54.7 Å². The number of hydrogen-bond donors (Lipinski definition) is 1. The average molecular weight is 411 g/mol. The molecule has 0 aliphatic carbocycles. The van der Waals surface area contributed by atoms with Gasteiger partial charge in [-0.2, -0.15) is 10.1 Å². The Morgan fingerprint density at radius 2 is 1.97 bits per heavy atom. The maximum Gasteiger partial charge on any atom is 0.375 e. The number of aromatic amines is 1. The van der Waals surface area contributed by atoms with E-state index in [1.807, 2.05) is 61.5 Å². The summed E-state index contributed by atoms with van der Waals surface area (Å²) >= 11 is 0. The first-order valence-corrected chi connectivity index (χ1v) is 10.0. The van der Waals surface area contributed by atoms with Gasteiger partial charge in [0.05, 0.1) is 29.0 Å². The molecule has 4 aromatic rings. The van der Waals surface area contributed by atoms with Gasteiger partial charge in [-0.3, -0.25) is 4.89 Å². The highest BCUT2D eigenvalue weighted by Crippen LogP contribution is 2.25. The summed E-state index contributed by atoms with van der Waals surface area (Å²) in [7, 11) is 0. The van der Waals surface area contributed by atoms with E-state index in [1.165, 1.54) is 6.33 Å². The Hall–Kier alpha value is -3.95. The van der Waals surface area contributed by atoms with E-state index in [1.54, 1.807) is 12.1 Å². The zero-order valence-corrected chi connectivity index (χ0v) is 17.0. The first-order chi connectivity index (χ1) is 15.2. The van der Waals surface area contributed by atoms with Crippen molar-refractivity contribution in [2.75, 3.05) is 0 Å². The zero-order valence-electron chi connectivity index (χ0n) is 17.0. The number of rotatable bonds is 7. The molecule has 0 saturated carbocycles. The number of carbonyl (C=O) groups is 1. The number of imidazole rings is 1. The van der Waals surface area contributed by atoms with E-state index in [9.17, 15) is 10.1 Å². The Morgan fingerprint density at radius 1 is 1.13 bits per heavy atom. The maximum absolute atomic E-state index is 12.4. The highest BCUT2D eigenvalue weighted by atomic mass is 17.2. The van der Waals surface area contributed by atoms with E-state index < -0.39 is 5.97 Å². The zero-order chi connectivity index (χ0) is 21.6. The number of hydrogen-bond acceptors (Lipinski definition) is 5. The fourth-order valence-electron chi connectivity index (χ4n) is 3.43.